The van der Waals surface area contributed by atoms with Crippen molar-refractivity contribution >= 4 is 23.4 Å². The molecule has 0 spiro atoms. The molecule has 0 radical (unpaired) electrons. The van der Waals surface area contributed by atoms with Gasteiger partial charge in [0.05, 0.1) is 6.10 Å². The maximum atomic E-state index is 11.2. The Morgan fingerprint density at radius 2 is 2.11 bits per heavy atom. The number of halogens is 1. The predicted octanol–water partition coefficient (Wildman–Crippen LogP) is 2.03. The first-order valence-electron chi connectivity index (χ1n) is 6.32. The summed E-state index contributed by atoms with van der Waals surface area (Å²) in [5, 5.41) is 19.0. The van der Waals surface area contributed by atoms with Gasteiger partial charge in [0.25, 0.3) is 0 Å². The molecule has 1 aliphatic rings. The molecule has 1 aromatic heterocycles. The molecule has 0 bridgehead atoms. The van der Waals surface area contributed by atoms with Crippen LogP contribution in [-0.2, 0) is 0 Å². The Hall–Kier alpha value is -1.33. The molecular weight excluding hydrogens is 268 g/mol. The van der Waals surface area contributed by atoms with Crippen LogP contribution in [0.1, 0.15) is 30.1 Å². The number of aliphatic hydroxyl groups excluding tert-OH is 1. The van der Waals surface area contributed by atoms with Crippen molar-refractivity contribution < 1.29 is 15.0 Å². The average molecular weight is 285 g/mol. The van der Waals surface area contributed by atoms with Gasteiger partial charge in [-0.25, -0.2) is 9.78 Å². The van der Waals surface area contributed by atoms with E-state index in [1.54, 1.807) is 6.92 Å². The summed E-state index contributed by atoms with van der Waals surface area (Å²) in [6.45, 7) is 3.16. The average Bonchev–Trinajstić information content (AvgIpc) is 2.38. The van der Waals surface area contributed by atoms with Crippen LogP contribution in [0.4, 0.5) is 5.82 Å². The van der Waals surface area contributed by atoms with Gasteiger partial charge in [-0.05, 0) is 37.8 Å². The summed E-state index contributed by atoms with van der Waals surface area (Å²) >= 11 is 5.85. The van der Waals surface area contributed by atoms with E-state index in [4.69, 9.17) is 11.6 Å². The fraction of sp³-hybridized carbons (Fsp3) is 0.538. The Kier molecular flexibility index (Phi) is 4.27. The van der Waals surface area contributed by atoms with Crippen LogP contribution >= 0.6 is 11.6 Å². The summed E-state index contributed by atoms with van der Waals surface area (Å²) < 4.78 is 0. The largest absolute Gasteiger partial charge is 0.478 e. The van der Waals surface area contributed by atoms with Crippen molar-refractivity contribution in [2.24, 2.45) is 5.92 Å². The number of aliphatic hydroxyl groups is 1. The van der Waals surface area contributed by atoms with E-state index >= 15 is 0 Å². The number of anilines is 1. The lowest BCUT2D eigenvalue weighted by molar-refractivity contribution is 0.0696. The molecule has 0 aliphatic carbocycles. The second-order valence-electron chi connectivity index (χ2n) is 4.88. The Balaban J connectivity index is 2.19. The van der Waals surface area contributed by atoms with Gasteiger partial charge in [0.15, 0.2) is 0 Å². The van der Waals surface area contributed by atoms with Crippen molar-refractivity contribution in [2.45, 2.75) is 25.9 Å². The number of piperidine rings is 1. The number of pyridine rings is 1. The van der Waals surface area contributed by atoms with Gasteiger partial charge in [-0.3, -0.25) is 0 Å². The molecule has 1 aromatic rings. The van der Waals surface area contributed by atoms with E-state index in [9.17, 15) is 15.0 Å². The number of hydrogen-bond acceptors (Lipinski definition) is 4. The first-order valence-corrected chi connectivity index (χ1v) is 6.69. The first-order chi connectivity index (χ1) is 8.99. The van der Waals surface area contributed by atoms with E-state index in [2.05, 4.69) is 4.98 Å². The molecule has 2 heterocycles. The number of rotatable bonds is 3. The predicted molar refractivity (Wildman–Crippen MR) is 72.8 cm³/mol. The number of aromatic carboxylic acids is 1. The number of aromatic nitrogens is 1. The lowest BCUT2D eigenvalue weighted by Gasteiger charge is -2.34. The number of carbonyl (C=O) groups is 1. The van der Waals surface area contributed by atoms with Crippen LogP contribution in [0, 0.1) is 5.92 Å². The van der Waals surface area contributed by atoms with Crippen LogP contribution in [0.2, 0.25) is 5.15 Å². The molecule has 0 aromatic carbocycles. The summed E-state index contributed by atoms with van der Waals surface area (Å²) in [5.74, 6) is -0.315. The fourth-order valence-corrected chi connectivity index (χ4v) is 2.57. The zero-order valence-electron chi connectivity index (χ0n) is 10.7. The lowest BCUT2D eigenvalue weighted by atomic mass is 9.92. The molecule has 0 saturated carbocycles. The highest BCUT2D eigenvalue weighted by molar-refractivity contribution is 6.29. The molecule has 5 nitrogen and oxygen atoms in total. The van der Waals surface area contributed by atoms with Crippen LogP contribution in [0.3, 0.4) is 0 Å². The molecule has 1 aliphatic heterocycles. The summed E-state index contributed by atoms with van der Waals surface area (Å²) in [7, 11) is 0. The third kappa shape index (κ3) is 3.16. The minimum atomic E-state index is -1.00. The van der Waals surface area contributed by atoms with Gasteiger partial charge < -0.3 is 15.1 Å². The highest BCUT2D eigenvalue weighted by Gasteiger charge is 2.26. The van der Waals surface area contributed by atoms with Gasteiger partial charge in [0, 0.05) is 13.1 Å². The zero-order valence-corrected chi connectivity index (χ0v) is 11.5. The number of carboxylic acids is 1. The molecule has 1 unspecified atom stereocenters. The smallest absolute Gasteiger partial charge is 0.339 e. The van der Waals surface area contributed by atoms with Crippen molar-refractivity contribution in [3.05, 3.63) is 22.8 Å². The molecule has 104 valence electrons. The van der Waals surface area contributed by atoms with E-state index in [1.807, 2.05) is 4.90 Å². The van der Waals surface area contributed by atoms with Gasteiger partial charge in [-0.1, -0.05) is 11.6 Å². The maximum Gasteiger partial charge on any atom is 0.339 e. The molecule has 1 atom stereocenters. The molecule has 1 fully saturated rings. The van der Waals surface area contributed by atoms with Crippen molar-refractivity contribution in [1.29, 1.82) is 0 Å². The van der Waals surface area contributed by atoms with Crippen molar-refractivity contribution in [3.63, 3.8) is 0 Å². The van der Waals surface area contributed by atoms with Crippen LogP contribution in [-0.4, -0.2) is 40.4 Å². The summed E-state index contributed by atoms with van der Waals surface area (Å²) in [6.07, 6.45) is 1.32. The van der Waals surface area contributed by atoms with E-state index in [1.165, 1.54) is 12.1 Å². The quantitative estimate of drug-likeness (QED) is 0.831. The van der Waals surface area contributed by atoms with Crippen LogP contribution < -0.4 is 4.90 Å². The highest BCUT2D eigenvalue weighted by Crippen LogP contribution is 2.27. The second-order valence-corrected chi connectivity index (χ2v) is 5.26. The normalized spacial score (nSPS) is 18.4. The van der Waals surface area contributed by atoms with Crippen LogP contribution in [0.5, 0.6) is 0 Å². The second kappa shape index (κ2) is 5.75. The highest BCUT2D eigenvalue weighted by atomic mass is 35.5. The topological polar surface area (TPSA) is 73.7 Å². The minimum absolute atomic E-state index is 0.167. The van der Waals surface area contributed by atoms with E-state index < -0.39 is 5.97 Å². The van der Waals surface area contributed by atoms with Gasteiger partial charge >= 0.3 is 5.97 Å². The molecule has 6 heteroatoms. The van der Waals surface area contributed by atoms with Crippen LogP contribution in [0.15, 0.2) is 12.1 Å². The molecule has 2 N–H and O–H groups in total. The van der Waals surface area contributed by atoms with E-state index in [0.29, 0.717) is 18.9 Å². The Bertz CT molecular complexity index is 471. The number of nitrogens with zero attached hydrogens (tertiary/aromatic N) is 2. The summed E-state index contributed by atoms with van der Waals surface area (Å²) in [5.41, 5.74) is 0.167. The Labute approximate surface area is 116 Å². The fourth-order valence-electron chi connectivity index (χ4n) is 2.43. The monoisotopic (exact) mass is 284 g/mol. The van der Waals surface area contributed by atoms with Crippen LogP contribution in [0.25, 0.3) is 0 Å². The van der Waals surface area contributed by atoms with Gasteiger partial charge in [-0.2, -0.15) is 0 Å². The zero-order chi connectivity index (χ0) is 14.0. The number of carboxylic acid groups (broad SMARTS) is 1. The van der Waals surface area contributed by atoms with E-state index in [0.717, 1.165) is 12.8 Å². The summed E-state index contributed by atoms with van der Waals surface area (Å²) in [4.78, 5) is 17.3. The standard InChI is InChI=1S/C13H17ClN2O3/c1-8(17)9-4-6-16(7-5-9)12-10(13(18)19)2-3-11(14)15-12/h2-3,8-9,17H,4-7H2,1H3,(H,18,19). The molecule has 0 amide bonds. The third-order valence-electron chi connectivity index (χ3n) is 3.59. The van der Waals surface area contributed by atoms with Gasteiger partial charge in [0.2, 0.25) is 0 Å². The Morgan fingerprint density at radius 1 is 1.47 bits per heavy atom. The van der Waals surface area contributed by atoms with Crippen molar-refractivity contribution in [1.82, 2.24) is 4.98 Å². The maximum absolute atomic E-state index is 11.2. The first kappa shape index (κ1) is 14.1. The van der Waals surface area contributed by atoms with Gasteiger partial charge in [-0.15, -0.1) is 0 Å². The van der Waals surface area contributed by atoms with Crippen molar-refractivity contribution in [3.8, 4) is 0 Å². The third-order valence-corrected chi connectivity index (χ3v) is 3.80. The minimum Gasteiger partial charge on any atom is -0.478 e. The SMILES string of the molecule is CC(O)C1CCN(c2nc(Cl)ccc2C(=O)O)CC1. The molecular formula is C13H17ClN2O3. The van der Waals surface area contributed by atoms with Gasteiger partial charge in [0.1, 0.15) is 16.5 Å². The number of hydrogen-bond donors (Lipinski definition) is 2. The molecule has 1 saturated heterocycles. The molecule has 2 rings (SSSR count). The van der Waals surface area contributed by atoms with Crippen molar-refractivity contribution in [2.75, 3.05) is 18.0 Å². The molecule has 19 heavy (non-hydrogen) atoms. The lowest BCUT2D eigenvalue weighted by Crippen LogP contribution is -2.38. The Morgan fingerprint density at radius 3 is 2.63 bits per heavy atom. The summed E-state index contributed by atoms with van der Waals surface area (Å²) in [6, 6.07) is 2.96. The van der Waals surface area contributed by atoms with E-state index in [-0.39, 0.29) is 22.7 Å².